The van der Waals surface area contributed by atoms with E-state index < -0.39 is 5.54 Å². The van der Waals surface area contributed by atoms with Crippen LogP contribution < -0.4 is 32.4 Å². The predicted octanol–water partition coefficient (Wildman–Crippen LogP) is 4.64. The first-order valence-corrected chi connectivity index (χ1v) is 12.3. The lowest BCUT2D eigenvalue weighted by Gasteiger charge is -2.34. The van der Waals surface area contributed by atoms with Gasteiger partial charge in [0.05, 0.1) is 19.8 Å². The van der Waals surface area contributed by atoms with E-state index in [2.05, 4.69) is 0 Å². The Hall–Kier alpha value is -3.68. The molecule has 6 nitrogen and oxygen atoms in total. The number of hydrogen-bond donors (Lipinski definition) is 4. The second-order valence-electron chi connectivity index (χ2n) is 8.99. The first kappa shape index (κ1) is 27.9. The van der Waals surface area contributed by atoms with Gasteiger partial charge in [-0.3, -0.25) is 0 Å². The third kappa shape index (κ3) is 6.76. The van der Waals surface area contributed by atoms with Crippen LogP contribution in [0.2, 0.25) is 0 Å². The summed E-state index contributed by atoms with van der Waals surface area (Å²) in [6, 6.07) is 34.7. The zero-order chi connectivity index (χ0) is 26.8. The topological polar surface area (TPSA) is 123 Å². The first-order valence-electron chi connectivity index (χ1n) is 12.3. The molecule has 0 aliphatic heterocycles. The molecule has 0 amide bonds. The number of benzene rings is 4. The Labute approximate surface area is 220 Å². The van der Waals surface area contributed by atoms with Crippen LogP contribution >= 0.6 is 0 Å². The smallest absolute Gasteiger partial charge is 0.118 e. The third-order valence-electron chi connectivity index (χ3n) is 6.61. The maximum Gasteiger partial charge on any atom is 0.118 e. The Kier molecular flexibility index (Phi) is 9.83. The fourth-order valence-corrected chi connectivity index (χ4v) is 4.19. The summed E-state index contributed by atoms with van der Waals surface area (Å²) in [4.78, 5) is 0. The normalized spacial score (nSPS) is 13.5. The molecule has 6 heteroatoms. The van der Waals surface area contributed by atoms with Crippen molar-refractivity contribution in [3.8, 4) is 11.5 Å². The Balaban J connectivity index is 0.000000213. The lowest BCUT2D eigenvalue weighted by atomic mass is 9.78. The molecule has 0 fully saturated rings. The molecule has 0 bridgehead atoms. The van der Waals surface area contributed by atoms with E-state index in [-0.39, 0.29) is 18.1 Å². The van der Waals surface area contributed by atoms with Gasteiger partial charge in [0.15, 0.2) is 0 Å². The van der Waals surface area contributed by atoms with Gasteiger partial charge in [0.2, 0.25) is 0 Å². The summed E-state index contributed by atoms with van der Waals surface area (Å²) in [7, 11) is 3.28. The summed E-state index contributed by atoms with van der Waals surface area (Å²) < 4.78 is 10.4. The van der Waals surface area contributed by atoms with Crippen molar-refractivity contribution in [2.24, 2.45) is 22.9 Å². The molecular weight excluding hydrogens is 460 g/mol. The largest absolute Gasteiger partial charge is 0.497 e. The number of ether oxygens (including phenoxy) is 2. The van der Waals surface area contributed by atoms with Crippen LogP contribution in [0.5, 0.6) is 11.5 Å². The van der Waals surface area contributed by atoms with Crippen molar-refractivity contribution in [3.05, 3.63) is 131 Å². The highest BCUT2D eigenvalue weighted by Crippen LogP contribution is 2.32. The highest BCUT2D eigenvalue weighted by atomic mass is 16.5. The van der Waals surface area contributed by atoms with Gasteiger partial charge in [-0.25, -0.2) is 0 Å². The molecular formula is C31H38N4O2. The summed E-state index contributed by atoms with van der Waals surface area (Å²) >= 11 is 0. The molecule has 2 unspecified atom stereocenters. The summed E-state index contributed by atoms with van der Waals surface area (Å²) in [6.45, 7) is 1.91. The van der Waals surface area contributed by atoms with Crippen LogP contribution in [0, 0.1) is 0 Å². The summed E-state index contributed by atoms with van der Waals surface area (Å²) in [5.74, 6) is 1.58. The van der Waals surface area contributed by atoms with Crippen LogP contribution in [0.1, 0.15) is 41.3 Å². The third-order valence-corrected chi connectivity index (χ3v) is 6.61. The molecule has 0 spiro atoms. The average molecular weight is 499 g/mol. The van der Waals surface area contributed by atoms with E-state index in [1.807, 2.05) is 116 Å². The zero-order valence-electron chi connectivity index (χ0n) is 21.8. The van der Waals surface area contributed by atoms with E-state index in [1.54, 1.807) is 14.2 Å². The average Bonchev–Trinajstić information content (AvgIpc) is 2.97. The lowest BCUT2D eigenvalue weighted by molar-refractivity contribution is 0.410. The van der Waals surface area contributed by atoms with E-state index >= 15 is 0 Å². The van der Waals surface area contributed by atoms with Crippen LogP contribution in [-0.2, 0) is 5.54 Å². The van der Waals surface area contributed by atoms with E-state index in [1.165, 1.54) is 0 Å². The molecule has 0 radical (unpaired) electrons. The minimum absolute atomic E-state index is 0.163. The number of rotatable bonds is 8. The molecule has 4 rings (SSSR count). The van der Waals surface area contributed by atoms with Crippen LogP contribution in [0.4, 0.5) is 0 Å². The fraction of sp³-hybridized carbons (Fsp3) is 0.226. The van der Waals surface area contributed by atoms with E-state index in [4.69, 9.17) is 32.4 Å². The highest BCUT2D eigenvalue weighted by Gasteiger charge is 2.33. The monoisotopic (exact) mass is 498 g/mol. The van der Waals surface area contributed by atoms with Crippen LogP contribution in [0.25, 0.3) is 0 Å². The molecule has 3 atom stereocenters. The maximum absolute atomic E-state index is 6.66. The van der Waals surface area contributed by atoms with Gasteiger partial charge in [-0.2, -0.15) is 0 Å². The minimum Gasteiger partial charge on any atom is -0.497 e. The van der Waals surface area contributed by atoms with Gasteiger partial charge in [0.1, 0.15) is 11.5 Å². The fourth-order valence-electron chi connectivity index (χ4n) is 4.19. The summed E-state index contributed by atoms with van der Waals surface area (Å²) in [6.07, 6.45) is 0. The van der Waals surface area contributed by atoms with Crippen molar-refractivity contribution < 1.29 is 9.47 Å². The second kappa shape index (κ2) is 13.0. The molecule has 194 valence electrons. The van der Waals surface area contributed by atoms with Crippen LogP contribution in [0.15, 0.2) is 109 Å². The Morgan fingerprint density at radius 2 is 0.865 bits per heavy atom. The highest BCUT2D eigenvalue weighted by molar-refractivity contribution is 5.43. The maximum atomic E-state index is 6.66. The minimum atomic E-state index is -0.765. The van der Waals surface area contributed by atoms with Crippen molar-refractivity contribution in [1.82, 2.24) is 0 Å². The molecule has 0 aromatic heterocycles. The van der Waals surface area contributed by atoms with Crippen molar-refractivity contribution in [3.63, 3.8) is 0 Å². The lowest BCUT2D eigenvalue weighted by Crippen LogP contribution is -2.51. The van der Waals surface area contributed by atoms with E-state index in [9.17, 15) is 0 Å². The van der Waals surface area contributed by atoms with Crippen LogP contribution in [0.3, 0.4) is 0 Å². The molecule has 0 saturated carbocycles. The SMILES string of the molecule is COc1ccc(C(N)(c2ccc(OC)cc2)[C@H](C)N)cc1.NC(c1ccccc1)C(N)c1ccccc1. The molecule has 0 aliphatic rings. The standard InChI is InChI=1S/C17H22N2O2.C14H16N2/c1-12(18)17(19,13-4-8-15(20-2)9-5-13)14-6-10-16(21-3)11-7-14;15-13(11-7-3-1-4-8-11)14(16)12-9-5-2-6-10-12/h4-12H,18-19H2,1-3H3;1-10,13-14H,15-16H2/t12-;/m0./s1. The van der Waals surface area contributed by atoms with E-state index in [0.29, 0.717) is 0 Å². The van der Waals surface area contributed by atoms with Crippen molar-refractivity contribution in [1.29, 1.82) is 0 Å². The molecule has 4 aromatic rings. The summed E-state index contributed by atoms with van der Waals surface area (Å²) in [5.41, 5.74) is 28.4. The second-order valence-corrected chi connectivity index (χ2v) is 8.99. The molecule has 8 N–H and O–H groups in total. The van der Waals surface area contributed by atoms with Gasteiger partial charge in [-0.15, -0.1) is 0 Å². The van der Waals surface area contributed by atoms with Crippen molar-refractivity contribution in [2.75, 3.05) is 14.2 Å². The molecule has 0 heterocycles. The van der Waals surface area contributed by atoms with Gasteiger partial charge in [-0.1, -0.05) is 84.9 Å². The Bertz CT molecular complexity index is 1110. The summed E-state index contributed by atoms with van der Waals surface area (Å²) in [5, 5.41) is 0. The number of nitrogens with two attached hydrogens (primary N) is 4. The van der Waals surface area contributed by atoms with Crippen molar-refractivity contribution in [2.45, 2.75) is 30.6 Å². The molecule has 0 saturated heterocycles. The quantitative estimate of drug-likeness (QED) is 0.281. The van der Waals surface area contributed by atoms with Gasteiger partial charge < -0.3 is 32.4 Å². The first-order chi connectivity index (χ1) is 17.8. The van der Waals surface area contributed by atoms with Crippen LogP contribution in [-0.4, -0.2) is 20.3 Å². The van der Waals surface area contributed by atoms with E-state index in [0.717, 1.165) is 33.8 Å². The Morgan fingerprint density at radius 3 is 1.14 bits per heavy atom. The molecule has 0 aliphatic carbocycles. The van der Waals surface area contributed by atoms with Crippen molar-refractivity contribution >= 4 is 0 Å². The van der Waals surface area contributed by atoms with Gasteiger partial charge >= 0.3 is 0 Å². The molecule has 4 aromatic carbocycles. The zero-order valence-corrected chi connectivity index (χ0v) is 21.8. The number of hydrogen-bond acceptors (Lipinski definition) is 6. The van der Waals surface area contributed by atoms with Gasteiger partial charge in [0.25, 0.3) is 0 Å². The number of methoxy groups -OCH3 is 2. The molecule has 37 heavy (non-hydrogen) atoms. The van der Waals surface area contributed by atoms with Gasteiger partial charge in [-0.05, 0) is 53.4 Å². The predicted molar refractivity (Wildman–Crippen MR) is 151 cm³/mol. The van der Waals surface area contributed by atoms with Gasteiger partial charge in [0, 0.05) is 18.1 Å². The Morgan fingerprint density at radius 1 is 0.541 bits per heavy atom.